The summed E-state index contributed by atoms with van der Waals surface area (Å²) in [5.74, 6) is -0.835. The number of pyridine rings is 1. The van der Waals surface area contributed by atoms with Crippen LogP contribution in [0.3, 0.4) is 0 Å². The minimum absolute atomic E-state index is 0.146. The van der Waals surface area contributed by atoms with E-state index in [0.717, 1.165) is 16.3 Å². The van der Waals surface area contributed by atoms with Gasteiger partial charge in [-0.05, 0) is 70.6 Å². The number of fused-ring (bicyclic) bond motifs is 8. The summed E-state index contributed by atoms with van der Waals surface area (Å²) in [5, 5.41) is 7.40. The maximum Gasteiger partial charge on any atom is 0.258 e. The van der Waals surface area contributed by atoms with Crippen molar-refractivity contribution in [2.75, 3.05) is 19.7 Å². The first kappa shape index (κ1) is 29.0. The fourth-order valence-electron chi connectivity index (χ4n) is 5.83. The Balaban J connectivity index is 1.23. The van der Waals surface area contributed by atoms with Crippen LogP contribution in [0.2, 0.25) is 0 Å². The van der Waals surface area contributed by atoms with Crippen molar-refractivity contribution in [2.45, 2.75) is 18.7 Å². The fourth-order valence-corrected chi connectivity index (χ4v) is 5.83. The number of halogens is 1. The van der Waals surface area contributed by atoms with E-state index in [2.05, 4.69) is 15.6 Å². The molecule has 3 aliphatic rings. The number of amides is 3. The second-order valence-corrected chi connectivity index (χ2v) is 11.3. The molecule has 0 spiro atoms. The summed E-state index contributed by atoms with van der Waals surface area (Å²) >= 11 is 0. The van der Waals surface area contributed by atoms with Crippen molar-refractivity contribution < 1.29 is 28.2 Å². The van der Waals surface area contributed by atoms with Gasteiger partial charge in [0.25, 0.3) is 17.7 Å². The lowest BCUT2D eigenvalue weighted by Crippen LogP contribution is -2.45. The summed E-state index contributed by atoms with van der Waals surface area (Å²) in [7, 11) is 0. The summed E-state index contributed by atoms with van der Waals surface area (Å²) in [6.45, 7) is 0.460. The van der Waals surface area contributed by atoms with Crippen LogP contribution in [0.5, 0.6) is 11.5 Å². The number of carbonyl (C=O) groups is 3. The molecule has 2 atom stereocenters. The zero-order valence-electron chi connectivity index (χ0n) is 24.6. The maximum atomic E-state index is 15.1. The predicted molar refractivity (Wildman–Crippen MR) is 169 cm³/mol. The van der Waals surface area contributed by atoms with Crippen molar-refractivity contribution in [2.24, 2.45) is 0 Å². The molecule has 46 heavy (non-hydrogen) atoms. The lowest BCUT2D eigenvalue weighted by atomic mass is 10.0. The van der Waals surface area contributed by atoms with Crippen molar-refractivity contribution in [1.82, 2.24) is 20.5 Å². The van der Waals surface area contributed by atoms with Gasteiger partial charge in [-0.15, -0.1) is 0 Å². The largest absolute Gasteiger partial charge is 0.486 e. The average molecular weight is 617 g/mol. The molecule has 2 N–H and O–H groups in total. The summed E-state index contributed by atoms with van der Waals surface area (Å²) in [6, 6.07) is 25.1. The predicted octanol–water partition coefficient (Wildman–Crippen LogP) is 4.75. The van der Waals surface area contributed by atoms with Gasteiger partial charge in [0.15, 0.2) is 6.61 Å². The Labute approximate surface area is 264 Å². The molecule has 0 unspecified atom stereocenters. The number of carbonyl (C=O) groups excluding carboxylic acids is 3. The molecule has 5 aromatic rings. The molecule has 1 saturated heterocycles. The van der Waals surface area contributed by atoms with Crippen LogP contribution in [0, 0.1) is 5.82 Å². The number of likely N-dealkylation sites (tertiary alicyclic amines) is 1. The topological polar surface area (TPSA) is 110 Å². The molecule has 8 rings (SSSR count). The monoisotopic (exact) mass is 616 g/mol. The third-order valence-corrected chi connectivity index (χ3v) is 8.23. The quantitative estimate of drug-likeness (QED) is 0.281. The Morgan fingerprint density at radius 2 is 1.72 bits per heavy atom. The normalized spacial score (nSPS) is 18.2. The second kappa shape index (κ2) is 12.3. The van der Waals surface area contributed by atoms with Crippen molar-refractivity contribution in [1.29, 1.82) is 0 Å². The van der Waals surface area contributed by atoms with Gasteiger partial charge >= 0.3 is 0 Å². The lowest BCUT2D eigenvalue weighted by molar-refractivity contribution is -0.123. The van der Waals surface area contributed by atoms with Crippen molar-refractivity contribution in [3.63, 3.8) is 0 Å². The molecule has 4 heterocycles. The van der Waals surface area contributed by atoms with E-state index in [1.165, 1.54) is 12.1 Å². The fraction of sp³-hybridized carbons (Fsp3) is 0.167. The van der Waals surface area contributed by atoms with Crippen molar-refractivity contribution in [3.05, 3.63) is 126 Å². The van der Waals surface area contributed by atoms with E-state index >= 15 is 4.39 Å². The Hall–Kier alpha value is -5.77. The van der Waals surface area contributed by atoms with Gasteiger partial charge in [-0.1, -0.05) is 42.5 Å². The first-order valence-corrected chi connectivity index (χ1v) is 14.9. The van der Waals surface area contributed by atoms with Gasteiger partial charge in [0.1, 0.15) is 23.4 Å². The molecule has 1 aromatic heterocycles. The third-order valence-electron chi connectivity index (χ3n) is 8.23. The third kappa shape index (κ3) is 5.97. The highest BCUT2D eigenvalue weighted by Gasteiger charge is 2.39. The molecule has 4 aromatic carbocycles. The Morgan fingerprint density at radius 3 is 2.59 bits per heavy atom. The highest BCUT2D eigenvalue weighted by atomic mass is 19.1. The molecule has 1 fully saturated rings. The number of nitrogens with zero attached hydrogens (tertiary/aromatic N) is 2. The zero-order chi connectivity index (χ0) is 31.6. The van der Waals surface area contributed by atoms with Crippen LogP contribution in [0.15, 0.2) is 103 Å². The molecule has 9 nitrogen and oxygen atoms in total. The molecule has 0 radical (unpaired) electrons. The zero-order valence-corrected chi connectivity index (χ0v) is 24.6. The van der Waals surface area contributed by atoms with Crippen LogP contribution in [0.1, 0.15) is 26.3 Å². The molecular weight excluding hydrogens is 587 g/mol. The summed E-state index contributed by atoms with van der Waals surface area (Å²) < 4.78 is 27.2. The van der Waals surface area contributed by atoms with Crippen LogP contribution in [0.25, 0.3) is 21.9 Å². The minimum atomic E-state index is -0.684. The second-order valence-electron chi connectivity index (χ2n) is 11.3. The molecule has 230 valence electrons. The van der Waals surface area contributed by atoms with E-state index in [0.29, 0.717) is 34.7 Å². The summed E-state index contributed by atoms with van der Waals surface area (Å²) in [6.07, 6.45) is 2.72. The van der Waals surface area contributed by atoms with Crippen LogP contribution in [-0.4, -0.2) is 59.4 Å². The Kier molecular flexibility index (Phi) is 7.76. The van der Waals surface area contributed by atoms with Gasteiger partial charge in [0, 0.05) is 36.4 Å². The van der Waals surface area contributed by atoms with Crippen LogP contribution < -0.4 is 20.1 Å². The number of hydrogen-bond acceptors (Lipinski definition) is 6. The number of ether oxygens (including phenoxy) is 2. The SMILES string of the molecule is O=C1COc2cccc(c2)-c2ccc(F)c(c2)C(=O)N[C@H]2CN(C(=O)c3cccc4cnccc34)C[C@@H]2Oc2ccc(cc2)CN1. The van der Waals surface area contributed by atoms with Gasteiger partial charge in [0.05, 0.1) is 18.2 Å². The average Bonchev–Trinajstić information content (AvgIpc) is 3.47. The standard InChI is InChI=1S/C36H29FN4O5/c37-31-12-9-24-16-30(31)35(43)40-32-19-41(36(44)29-6-2-4-25-18-38-14-13-28(25)29)20-33(32)46-26-10-7-22(8-11-26)17-39-34(42)21-45-27-5-1-3-23(24)15-27/h1-16,18,32-33H,17,19-21H2,(H,39,42)(H,40,43)/t32-,33-/m0/s1. The lowest BCUT2D eigenvalue weighted by Gasteiger charge is -2.21. The summed E-state index contributed by atoms with van der Waals surface area (Å²) in [5.41, 5.74) is 2.50. The molecule has 10 heteroatoms. The van der Waals surface area contributed by atoms with Gasteiger partial charge in [0.2, 0.25) is 0 Å². The van der Waals surface area contributed by atoms with Gasteiger partial charge < -0.3 is 25.0 Å². The number of hydrogen-bond donors (Lipinski definition) is 2. The molecule has 6 bridgehead atoms. The van der Waals surface area contributed by atoms with E-state index in [-0.39, 0.29) is 37.1 Å². The molecule has 0 aliphatic carbocycles. The van der Waals surface area contributed by atoms with Crippen LogP contribution >= 0.6 is 0 Å². The highest BCUT2D eigenvalue weighted by Crippen LogP contribution is 2.28. The van der Waals surface area contributed by atoms with Crippen LogP contribution in [-0.2, 0) is 11.3 Å². The maximum absolute atomic E-state index is 15.1. The number of nitrogens with one attached hydrogen (secondary N) is 2. The molecule has 3 amide bonds. The van der Waals surface area contributed by atoms with E-state index < -0.39 is 23.9 Å². The number of benzene rings is 4. The number of aromatic nitrogens is 1. The Morgan fingerprint density at radius 1 is 0.891 bits per heavy atom. The van der Waals surface area contributed by atoms with E-state index in [4.69, 9.17) is 9.47 Å². The van der Waals surface area contributed by atoms with Gasteiger partial charge in [-0.25, -0.2) is 4.39 Å². The first-order valence-electron chi connectivity index (χ1n) is 14.9. The molecule has 0 saturated carbocycles. The first-order chi connectivity index (χ1) is 22.4. The van der Waals surface area contributed by atoms with Gasteiger partial charge in [-0.2, -0.15) is 0 Å². The van der Waals surface area contributed by atoms with Gasteiger partial charge in [-0.3, -0.25) is 19.4 Å². The Bertz CT molecular complexity index is 1960. The minimum Gasteiger partial charge on any atom is -0.486 e. The van der Waals surface area contributed by atoms with Crippen LogP contribution in [0.4, 0.5) is 4.39 Å². The highest BCUT2D eigenvalue weighted by molar-refractivity contribution is 6.07. The smallest absolute Gasteiger partial charge is 0.258 e. The van der Waals surface area contributed by atoms with Crippen molar-refractivity contribution >= 4 is 28.5 Å². The van der Waals surface area contributed by atoms with E-state index in [1.54, 1.807) is 65.8 Å². The molecule has 3 aliphatic heterocycles. The van der Waals surface area contributed by atoms with E-state index in [1.807, 2.05) is 30.3 Å². The number of rotatable bonds is 1. The molecular formula is C36H29FN4O5. The van der Waals surface area contributed by atoms with Crippen molar-refractivity contribution in [3.8, 4) is 22.6 Å². The summed E-state index contributed by atoms with van der Waals surface area (Å²) in [4.78, 5) is 45.8. The van der Waals surface area contributed by atoms with E-state index in [9.17, 15) is 14.4 Å².